The number of benzene rings is 3. The van der Waals surface area contributed by atoms with Crippen molar-refractivity contribution in [3.8, 4) is 6.07 Å². The van der Waals surface area contributed by atoms with E-state index in [0.717, 1.165) is 11.1 Å². The first kappa shape index (κ1) is 19.0. The molecule has 3 aromatic carbocycles. The smallest absolute Gasteiger partial charge is 0.235 e. The molecule has 0 amide bonds. The predicted octanol–water partition coefficient (Wildman–Crippen LogP) is 5.19. The number of hydrogen-bond acceptors (Lipinski definition) is 3. The first-order valence-electron chi connectivity index (χ1n) is 8.94. The summed E-state index contributed by atoms with van der Waals surface area (Å²) < 4.78 is 0. The fourth-order valence-electron chi connectivity index (χ4n) is 2.93. The van der Waals surface area contributed by atoms with Crippen LogP contribution in [0.4, 0.5) is 0 Å². The Morgan fingerprint density at radius 2 is 1.18 bits per heavy atom. The summed E-state index contributed by atoms with van der Waals surface area (Å²) in [5.41, 5.74) is 3.81. The predicted molar refractivity (Wildman–Crippen MR) is 111 cm³/mol. The fraction of sp³-hybridized carbons (Fsp3) is 0.0800. The van der Waals surface area contributed by atoms with Gasteiger partial charge in [-0.1, -0.05) is 90.0 Å². The van der Waals surface area contributed by atoms with E-state index in [1.54, 1.807) is 60.7 Å². The van der Waals surface area contributed by atoms with Crippen molar-refractivity contribution >= 4 is 22.7 Å². The SMILES string of the molecule is Cc1ccc(C(=O)C(=O)/C(=C(\C#N)c2ccccc2)c2ccc(C)cc2)cc1. The van der Waals surface area contributed by atoms with Crippen LogP contribution in [0.3, 0.4) is 0 Å². The van der Waals surface area contributed by atoms with Crippen LogP contribution in [0, 0.1) is 25.2 Å². The molecular weight excluding hydrogens is 346 g/mol. The third kappa shape index (κ3) is 3.97. The molecule has 28 heavy (non-hydrogen) atoms. The van der Waals surface area contributed by atoms with Crippen molar-refractivity contribution < 1.29 is 9.59 Å². The number of rotatable bonds is 5. The molecule has 0 spiro atoms. The van der Waals surface area contributed by atoms with E-state index in [2.05, 4.69) is 6.07 Å². The summed E-state index contributed by atoms with van der Waals surface area (Å²) in [4.78, 5) is 26.1. The first-order valence-corrected chi connectivity index (χ1v) is 8.94. The van der Waals surface area contributed by atoms with Crippen LogP contribution in [0.2, 0.25) is 0 Å². The Labute approximate surface area is 164 Å². The largest absolute Gasteiger partial charge is 0.285 e. The van der Waals surface area contributed by atoms with Crippen molar-refractivity contribution in [2.24, 2.45) is 0 Å². The van der Waals surface area contributed by atoms with Gasteiger partial charge >= 0.3 is 0 Å². The lowest BCUT2D eigenvalue weighted by Crippen LogP contribution is -2.17. The van der Waals surface area contributed by atoms with Gasteiger partial charge < -0.3 is 0 Å². The number of hydrogen-bond donors (Lipinski definition) is 0. The molecule has 136 valence electrons. The fourth-order valence-corrected chi connectivity index (χ4v) is 2.93. The average Bonchev–Trinajstić information content (AvgIpc) is 2.73. The van der Waals surface area contributed by atoms with Gasteiger partial charge in [0, 0.05) is 5.56 Å². The minimum Gasteiger partial charge on any atom is -0.285 e. The van der Waals surface area contributed by atoms with Crippen molar-refractivity contribution in [3.63, 3.8) is 0 Å². The molecule has 3 aromatic rings. The quantitative estimate of drug-likeness (QED) is 0.205. The van der Waals surface area contributed by atoms with Gasteiger partial charge in [0.1, 0.15) is 6.07 Å². The van der Waals surface area contributed by atoms with E-state index in [0.29, 0.717) is 16.7 Å². The molecule has 0 unspecified atom stereocenters. The van der Waals surface area contributed by atoms with Crippen LogP contribution >= 0.6 is 0 Å². The number of Topliss-reactive ketones (excluding diaryl/α,β-unsaturated/α-hetero) is 2. The monoisotopic (exact) mass is 365 g/mol. The maximum Gasteiger partial charge on any atom is 0.235 e. The Morgan fingerprint density at radius 1 is 0.679 bits per heavy atom. The third-order valence-corrected chi connectivity index (χ3v) is 4.51. The Bertz CT molecular complexity index is 1080. The van der Waals surface area contributed by atoms with Crippen molar-refractivity contribution in [1.82, 2.24) is 0 Å². The molecule has 0 aliphatic carbocycles. The third-order valence-electron chi connectivity index (χ3n) is 4.51. The standard InChI is InChI=1S/C25H19NO2/c1-17-8-12-20(13-9-17)23(22(16-26)19-6-4-3-5-7-19)25(28)24(27)21-14-10-18(2)11-15-21/h3-15H,1-2H3/b23-22+. The molecule has 3 rings (SSSR count). The molecule has 0 saturated carbocycles. The summed E-state index contributed by atoms with van der Waals surface area (Å²) in [5, 5.41) is 9.83. The second kappa shape index (κ2) is 8.28. The summed E-state index contributed by atoms with van der Waals surface area (Å²) in [6.45, 7) is 3.85. The van der Waals surface area contributed by atoms with Crippen molar-refractivity contribution in [2.75, 3.05) is 0 Å². The van der Waals surface area contributed by atoms with Gasteiger partial charge in [0.05, 0.1) is 11.1 Å². The van der Waals surface area contributed by atoms with Gasteiger partial charge in [-0.15, -0.1) is 0 Å². The van der Waals surface area contributed by atoms with Crippen LogP contribution in [0.5, 0.6) is 0 Å². The number of allylic oxidation sites excluding steroid dienone is 2. The van der Waals surface area contributed by atoms with Crippen molar-refractivity contribution in [2.45, 2.75) is 13.8 Å². The van der Waals surface area contributed by atoms with Crippen LogP contribution < -0.4 is 0 Å². The molecule has 0 N–H and O–H groups in total. The van der Waals surface area contributed by atoms with Crippen LogP contribution in [0.15, 0.2) is 78.9 Å². The summed E-state index contributed by atoms with van der Waals surface area (Å²) >= 11 is 0. The minimum absolute atomic E-state index is 0.124. The maximum atomic E-state index is 13.2. The molecule has 0 aromatic heterocycles. The van der Waals surface area contributed by atoms with Gasteiger partial charge in [-0.2, -0.15) is 5.26 Å². The molecular formula is C25H19NO2. The van der Waals surface area contributed by atoms with E-state index in [1.165, 1.54) is 0 Å². The number of nitrogens with zero attached hydrogens (tertiary/aromatic N) is 1. The highest BCUT2D eigenvalue weighted by molar-refractivity contribution is 6.60. The second-order valence-corrected chi connectivity index (χ2v) is 6.62. The van der Waals surface area contributed by atoms with Crippen LogP contribution in [0.25, 0.3) is 11.1 Å². The zero-order valence-corrected chi connectivity index (χ0v) is 15.8. The second-order valence-electron chi connectivity index (χ2n) is 6.62. The van der Waals surface area contributed by atoms with Crippen LogP contribution in [-0.4, -0.2) is 11.6 Å². The molecule has 0 saturated heterocycles. The lowest BCUT2D eigenvalue weighted by molar-refractivity contribution is -0.110. The van der Waals surface area contributed by atoms with Gasteiger partial charge in [0.15, 0.2) is 0 Å². The van der Waals surface area contributed by atoms with Gasteiger partial charge in [-0.05, 0) is 25.0 Å². The molecule has 3 heteroatoms. The molecule has 0 fully saturated rings. The maximum absolute atomic E-state index is 13.2. The van der Waals surface area contributed by atoms with E-state index < -0.39 is 11.6 Å². The Balaban J connectivity index is 2.18. The van der Waals surface area contributed by atoms with Gasteiger partial charge in [0.25, 0.3) is 0 Å². The van der Waals surface area contributed by atoms with E-state index in [-0.39, 0.29) is 11.1 Å². The van der Waals surface area contributed by atoms with Crippen molar-refractivity contribution in [1.29, 1.82) is 5.26 Å². The lowest BCUT2D eigenvalue weighted by Gasteiger charge is -2.11. The van der Waals surface area contributed by atoms with Gasteiger partial charge in [0.2, 0.25) is 11.6 Å². The van der Waals surface area contributed by atoms with Gasteiger partial charge in [-0.25, -0.2) is 0 Å². The molecule has 3 nitrogen and oxygen atoms in total. The number of nitriles is 1. The van der Waals surface area contributed by atoms with Crippen LogP contribution in [0.1, 0.15) is 32.6 Å². The van der Waals surface area contributed by atoms with E-state index >= 15 is 0 Å². The highest BCUT2D eigenvalue weighted by Crippen LogP contribution is 2.28. The number of carbonyl (C=O) groups is 2. The van der Waals surface area contributed by atoms with Crippen LogP contribution in [-0.2, 0) is 4.79 Å². The summed E-state index contributed by atoms with van der Waals surface area (Å²) in [6, 6.07) is 25.2. The molecule has 0 heterocycles. The summed E-state index contributed by atoms with van der Waals surface area (Å²) in [6.07, 6.45) is 0. The molecule has 0 radical (unpaired) electrons. The summed E-state index contributed by atoms with van der Waals surface area (Å²) in [5.74, 6) is -1.31. The highest BCUT2D eigenvalue weighted by atomic mass is 16.2. The van der Waals surface area contributed by atoms with Gasteiger partial charge in [-0.3, -0.25) is 9.59 Å². The topological polar surface area (TPSA) is 57.9 Å². The van der Waals surface area contributed by atoms with E-state index in [9.17, 15) is 14.9 Å². The molecule has 0 aliphatic rings. The first-order chi connectivity index (χ1) is 13.5. The number of carbonyl (C=O) groups excluding carboxylic acids is 2. The normalized spacial score (nSPS) is 11.3. The number of ketones is 2. The average molecular weight is 365 g/mol. The minimum atomic E-state index is -0.687. The molecule has 0 bridgehead atoms. The van der Waals surface area contributed by atoms with Crippen molar-refractivity contribution in [3.05, 3.63) is 107 Å². The Morgan fingerprint density at radius 3 is 1.68 bits per heavy atom. The lowest BCUT2D eigenvalue weighted by atomic mass is 9.89. The highest BCUT2D eigenvalue weighted by Gasteiger charge is 2.26. The Hall–Kier alpha value is -3.77. The van der Waals surface area contributed by atoms with E-state index in [1.807, 2.05) is 32.0 Å². The zero-order valence-electron chi connectivity index (χ0n) is 15.8. The molecule has 0 atom stereocenters. The zero-order chi connectivity index (χ0) is 20.1. The Kier molecular flexibility index (Phi) is 5.62. The summed E-state index contributed by atoms with van der Waals surface area (Å²) in [7, 11) is 0. The van der Waals surface area contributed by atoms with E-state index in [4.69, 9.17) is 0 Å². The number of aryl methyl sites for hydroxylation is 2. The molecule has 0 aliphatic heterocycles.